The Bertz CT molecular complexity index is 361. The highest BCUT2D eigenvalue weighted by molar-refractivity contribution is 5.53. The molecule has 1 aromatic rings. The second-order valence-corrected chi connectivity index (χ2v) is 3.40. The summed E-state index contributed by atoms with van der Waals surface area (Å²) in [7, 11) is 3.14. The highest BCUT2D eigenvalue weighted by Gasteiger charge is 2.16. The van der Waals surface area contributed by atoms with Crippen molar-refractivity contribution in [1.29, 1.82) is 0 Å². The van der Waals surface area contributed by atoms with Crippen LogP contribution in [0.15, 0.2) is 6.07 Å². The van der Waals surface area contributed by atoms with Crippen LogP contribution in [-0.4, -0.2) is 19.3 Å². The maximum Gasteiger partial charge on any atom is 0.132 e. The van der Waals surface area contributed by atoms with E-state index in [0.29, 0.717) is 17.1 Å². The quantitative estimate of drug-likeness (QED) is 0.739. The summed E-state index contributed by atoms with van der Waals surface area (Å²) < 4.78 is 10.4. The summed E-state index contributed by atoms with van der Waals surface area (Å²) in [6.45, 7) is 3.84. The third-order valence-electron chi connectivity index (χ3n) is 2.56. The van der Waals surface area contributed by atoms with E-state index in [4.69, 9.17) is 15.2 Å². The van der Waals surface area contributed by atoms with E-state index >= 15 is 0 Å². The molecule has 0 aliphatic heterocycles. The number of aliphatic hydroxyl groups excluding tert-OH is 1. The predicted octanol–water partition coefficient (Wildman–Crippen LogP) is 1.27. The maximum absolute atomic E-state index is 9.41. The van der Waals surface area contributed by atoms with E-state index in [1.165, 1.54) is 0 Å². The first-order valence-electron chi connectivity index (χ1n) is 4.68. The van der Waals surface area contributed by atoms with Crippen LogP contribution < -0.4 is 15.2 Å². The Balaban J connectivity index is 3.44. The summed E-state index contributed by atoms with van der Waals surface area (Å²) in [5.74, 6) is 1.32. The van der Waals surface area contributed by atoms with Gasteiger partial charge in [0.25, 0.3) is 0 Å². The number of ether oxygens (including phenoxy) is 2. The summed E-state index contributed by atoms with van der Waals surface area (Å²) in [4.78, 5) is 0. The first kappa shape index (κ1) is 11.8. The van der Waals surface area contributed by atoms with E-state index in [2.05, 4.69) is 0 Å². The number of hydrogen-bond acceptors (Lipinski definition) is 4. The van der Waals surface area contributed by atoms with Gasteiger partial charge in [0.2, 0.25) is 0 Å². The predicted molar refractivity (Wildman–Crippen MR) is 58.2 cm³/mol. The van der Waals surface area contributed by atoms with Crippen LogP contribution in [0.1, 0.15) is 22.9 Å². The standard InChI is InChI=1S/C11H17NO3/c1-6-7(2)10(15-4)8(11(12)13)5-9(6)14-3/h5,11,13H,12H2,1-4H3. The first-order chi connectivity index (χ1) is 7.02. The minimum atomic E-state index is -1.06. The van der Waals surface area contributed by atoms with E-state index in [0.717, 1.165) is 11.1 Å². The number of aliphatic hydroxyl groups is 1. The van der Waals surface area contributed by atoms with E-state index in [9.17, 15) is 5.11 Å². The minimum Gasteiger partial charge on any atom is -0.496 e. The zero-order valence-electron chi connectivity index (χ0n) is 9.50. The van der Waals surface area contributed by atoms with E-state index in [1.54, 1.807) is 20.3 Å². The van der Waals surface area contributed by atoms with Gasteiger partial charge in [-0.05, 0) is 31.0 Å². The minimum absolute atomic E-state index is 0.539. The highest BCUT2D eigenvalue weighted by atomic mass is 16.5. The molecule has 0 spiro atoms. The van der Waals surface area contributed by atoms with E-state index in [1.807, 2.05) is 13.8 Å². The number of hydrogen-bond donors (Lipinski definition) is 2. The van der Waals surface area contributed by atoms with Crippen LogP contribution in [0.25, 0.3) is 0 Å². The van der Waals surface area contributed by atoms with Crippen LogP contribution in [-0.2, 0) is 0 Å². The average molecular weight is 211 g/mol. The topological polar surface area (TPSA) is 64.7 Å². The van der Waals surface area contributed by atoms with Crippen molar-refractivity contribution in [3.05, 3.63) is 22.8 Å². The lowest BCUT2D eigenvalue weighted by atomic mass is 10.0. The molecule has 84 valence electrons. The number of nitrogens with two attached hydrogens (primary N) is 1. The van der Waals surface area contributed by atoms with Gasteiger partial charge in [0, 0.05) is 5.56 Å². The average Bonchev–Trinajstić information content (AvgIpc) is 2.21. The second-order valence-electron chi connectivity index (χ2n) is 3.40. The van der Waals surface area contributed by atoms with Gasteiger partial charge in [-0.2, -0.15) is 0 Å². The zero-order chi connectivity index (χ0) is 11.6. The van der Waals surface area contributed by atoms with Gasteiger partial charge in [0.05, 0.1) is 14.2 Å². The molecule has 1 unspecified atom stereocenters. The Labute approximate surface area is 89.6 Å². The fraction of sp³-hybridized carbons (Fsp3) is 0.455. The Morgan fingerprint density at radius 3 is 2.20 bits per heavy atom. The summed E-state index contributed by atoms with van der Waals surface area (Å²) in [5.41, 5.74) is 7.90. The van der Waals surface area contributed by atoms with Gasteiger partial charge in [0.15, 0.2) is 0 Å². The SMILES string of the molecule is COc1cc(C(N)O)c(OC)c(C)c1C. The van der Waals surface area contributed by atoms with Crippen molar-refractivity contribution in [2.45, 2.75) is 20.1 Å². The lowest BCUT2D eigenvalue weighted by molar-refractivity contribution is 0.181. The molecule has 1 atom stereocenters. The molecule has 0 saturated carbocycles. The molecular formula is C11H17NO3. The largest absolute Gasteiger partial charge is 0.496 e. The smallest absolute Gasteiger partial charge is 0.132 e. The molecule has 1 aromatic carbocycles. The molecule has 0 aliphatic carbocycles. The molecule has 3 N–H and O–H groups in total. The van der Waals surface area contributed by atoms with Gasteiger partial charge in [-0.1, -0.05) is 0 Å². The Kier molecular flexibility index (Phi) is 3.55. The van der Waals surface area contributed by atoms with Crippen molar-refractivity contribution >= 4 is 0 Å². The number of benzene rings is 1. The van der Waals surface area contributed by atoms with Crippen molar-refractivity contribution < 1.29 is 14.6 Å². The van der Waals surface area contributed by atoms with Gasteiger partial charge in [-0.25, -0.2) is 0 Å². The molecule has 0 fully saturated rings. The fourth-order valence-electron chi connectivity index (χ4n) is 1.59. The zero-order valence-corrected chi connectivity index (χ0v) is 9.50. The van der Waals surface area contributed by atoms with Crippen LogP contribution in [0.3, 0.4) is 0 Å². The van der Waals surface area contributed by atoms with Gasteiger partial charge in [-0.15, -0.1) is 0 Å². The van der Waals surface area contributed by atoms with Crippen LogP contribution in [0.5, 0.6) is 11.5 Å². The van der Waals surface area contributed by atoms with Gasteiger partial charge < -0.3 is 20.3 Å². The summed E-state index contributed by atoms with van der Waals surface area (Å²) in [5, 5.41) is 9.41. The second kappa shape index (κ2) is 4.51. The van der Waals surface area contributed by atoms with Crippen molar-refractivity contribution in [2.24, 2.45) is 5.73 Å². The lowest BCUT2D eigenvalue weighted by Crippen LogP contribution is -2.12. The van der Waals surface area contributed by atoms with Gasteiger partial charge >= 0.3 is 0 Å². The molecule has 0 bridgehead atoms. The monoisotopic (exact) mass is 211 g/mol. The molecule has 1 rings (SSSR count). The summed E-state index contributed by atoms with van der Waals surface area (Å²) in [6, 6.07) is 1.70. The number of rotatable bonds is 3. The van der Waals surface area contributed by atoms with Crippen molar-refractivity contribution in [3.63, 3.8) is 0 Å². The molecule has 0 saturated heterocycles. The Morgan fingerprint density at radius 1 is 1.20 bits per heavy atom. The van der Waals surface area contributed by atoms with Crippen LogP contribution >= 0.6 is 0 Å². The molecule has 4 nitrogen and oxygen atoms in total. The molecule has 0 aliphatic rings. The van der Waals surface area contributed by atoms with Crippen molar-refractivity contribution in [3.8, 4) is 11.5 Å². The molecule has 0 amide bonds. The number of methoxy groups -OCH3 is 2. The third-order valence-corrected chi connectivity index (χ3v) is 2.56. The highest BCUT2D eigenvalue weighted by Crippen LogP contribution is 2.35. The first-order valence-corrected chi connectivity index (χ1v) is 4.68. The van der Waals surface area contributed by atoms with Crippen LogP contribution in [0.4, 0.5) is 0 Å². The fourth-order valence-corrected chi connectivity index (χ4v) is 1.59. The maximum atomic E-state index is 9.41. The summed E-state index contributed by atoms with van der Waals surface area (Å²) in [6.07, 6.45) is -1.06. The van der Waals surface area contributed by atoms with Crippen LogP contribution in [0.2, 0.25) is 0 Å². The van der Waals surface area contributed by atoms with Crippen molar-refractivity contribution in [2.75, 3.05) is 14.2 Å². The van der Waals surface area contributed by atoms with E-state index < -0.39 is 6.23 Å². The van der Waals surface area contributed by atoms with Crippen molar-refractivity contribution in [1.82, 2.24) is 0 Å². The Hall–Kier alpha value is -1.26. The molecule has 0 radical (unpaired) electrons. The Morgan fingerprint density at radius 2 is 1.80 bits per heavy atom. The van der Waals surface area contributed by atoms with Gasteiger partial charge in [0.1, 0.15) is 17.7 Å². The normalized spacial score (nSPS) is 12.4. The summed E-state index contributed by atoms with van der Waals surface area (Å²) >= 11 is 0. The van der Waals surface area contributed by atoms with E-state index in [-0.39, 0.29) is 0 Å². The molecule has 0 heterocycles. The van der Waals surface area contributed by atoms with Crippen LogP contribution in [0, 0.1) is 13.8 Å². The van der Waals surface area contributed by atoms with Gasteiger partial charge in [-0.3, -0.25) is 0 Å². The lowest BCUT2D eigenvalue weighted by Gasteiger charge is -2.18. The molecule has 4 heteroatoms. The molecule has 0 aromatic heterocycles. The molecule has 15 heavy (non-hydrogen) atoms. The molecular weight excluding hydrogens is 194 g/mol. The third kappa shape index (κ3) is 2.06.